The lowest BCUT2D eigenvalue weighted by molar-refractivity contribution is -0.178. The molecule has 6 rings (SSSR count). The third-order valence-corrected chi connectivity index (χ3v) is 11.0. The second kappa shape index (κ2) is 7.26. The molecule has 6 aliphatic rings. The maximum absolute atomic E-state index is 12.1. The Morgan fingerprint density at radius 2 is 2.00 bits per heavy atom. The number of hydrogen-bond acceptors (Lipinski definition) is 4. The van der Waals surface area contributed by atoms with Crippen LogP contribution in [0.4, 0.5) is 0 Å². The molecular weight excluding hydrogens is 398 g/mol. The van der Waals surface area contributed by atoms with Crippen molar-refractivity contribution in [3.05, 3.63) is 22.8 Å². The normalized spacial score (nSPS) is 51.1. The maximum Gasteiger partial charge on any atom is 0.155 e. The lowest BCUT2D eigenvalue weighted by Gasteiger charge is -2.48. The van der Waals surface area contributed by atoms with Crippen LogP contribution in [-0.4, -0.2) is 40.3 Å². The van der Waals surface area contributed by atoms with E-state index in [4.69, 9.17) is 4.74 Å². The number of fused-ring (bicyclic) bond motifs is 6. The van der Waals surface area contributed by atoms with Gasteiger partial charge in [0.1, 0.15) is 0 Å². The molecule has 2 saturated heterocycles. The number of hydroxylamine groups is 2. The molecule has 0 aromatic rings. The third-order valence-electron chi connectivity index (χ3n) is 11.0. The van der Waals surface area contributed by atoms with Gasteiger partial charge in [-0.05, 0) is 93.5 Å². The van der Waals surface area contributed by atoms with Gasteiger partial charge >= 0.3 is 0 Å². The predicted molar refractivity (Wildman–Crippen MR) is 124 cm³/mol. The van der Waals surface area contributed by atoms with Gasteiger partial charge in [-0.3, -0.25) is 4.79 Å². The standard InChI is InChI=1S/C28H41NO3/c1-16-11-25-26(29(31)15-16)18(3)28(32-25)10-8-21-22-6-5-19-12-20(30)7-9-27(19,4)24(22)13-23(21)17(2)14-28/h12,16,18,21-22,24-26,31H,5-11,13-15H2,1-4H3/t16-,18+,21-,22-,24-,25+,26-,27-,28-/m0/s1. The Morgan fingerprint density at radius 1 is 1.19 bits per heavy atom. The van der Waals surface area contributed by atoms with E-state index in [-0.39, 0.29) is 23.2 Å². The average molecular weight is 440 g/mol. The van der Waals surface area contributed by atoms with E-state index in [1.807, 2.05) is 6.08 Å². The van der Waals surface area contributed by atoms with E-state index in [0.29, 0.717) is 29.5 Å². The summed E-state index contributed by atoms with van der Waals surface area (Å²) in [5, 5.41) is 12.4. The third kappa shape index (κ3) is 2.94. The van der Waals surface area contributed by atoms with E-state index < -0.39 is 0 Å². The van der Waals surface area contributed by atoms with Crippen LogP contribution < -0.4 is 0 Å². The van der Waals surface area contributed by atoms with Crippen molar-refractivity contribution in [2.45, 2.75) is 103 Å². The van der Waals surface area contributed by atoms with Crippen LogP contribution in [0.25, 0.3) is 0 Å². The minimum atomic E-state index is -0.113. The Morgan fingerprint density at radius 3 is 2.81 bits per heavy atom. The molecule has 176 valence electrons. The highest BCUT2D eigenvalue weighted by atomic mass is 16.5. The van der Waals surface area contributed by atoms with Gasteiger partial charge in [-0.2, -0.15) is 5.06 Å². The van der Waals surface area contributed by atoms with Gasteiger partial charge in [0.2, 0.25) is 0 Å². The fourth-order valence-corrected chi connectivity index (χ4v) is 9.34. The fourth-order valence-electron chi connectivity index (χ4n) is 9.34. The average Bonchev–Trinajstić information content (AvgIpc) is 3.19. The van der Waals surface area contributed by atoms with Gasteiger partial charge in [0.15, 0.2) is 5.78 Å². The number of allylic oxidation sites excluding steroid dienone is 3. The molecule has 4 aliphatic carbocycles. The lowest BCUT2D eigenvalue weighted by atomic mass is 9.56. The summed E-state index contributed by atoms with van der Waals surface area (Å²) in [6, 6.07) is 0.149. The first-order valence-electron chi connectivity index (χ1n) is 13.3. The molecular formula is C28H41NO3. The summed E-state index contributed by atoms with van der Waals surface area (Å²) < 4.78 is 6.93. The van der Waals surface area contributed by atoms with Crippen LogP contribution in [0.15, 0.2) is 22.8 Å². The summed E-state index contributed by atoms with van der Waals surface area (Å²) in [6.07, 6.45) is 12.0. The Bertz CT molecular complexity index is 891. The van der Waals surface area contributed by atoms with Crippen molar-refractivity contribution >= 4 is 5.78 Å². The molecule has 2 saturated carbocycles. The van der Waals surface area contributed by atoms with E-state index in [2.05, 4.69) is 27.7 Å². The Balaban J connectivity index is 1.30. The number of hydrogen-bond donors (Lipinski definition) is 1. The predicted octanol–water partition coefficient (Wildman–Crippen LogP) is 5.70. The van der Waals surface area contributed by atoms with E-state index in [1.165, 1.54) is 24.8 Å². The molecule has 4 heteroatoms. The minimum Gasteiger partial charge on any atom is -0.369 e. The van der Waals surface area contributed by atoms with E-state index in [0.717, 1.165) is 51.0 Å². The molecule has 0 amide bonds. The summed E-state index contributed by atoms with van der Waals surface area (Å²) in [5.74, 6) is 3.36. The van der Waals surface area contributed by atoms with Gasteiger partial charge in [-0.1, -0.05) is 37.5 Å². The van der Waals surface area contributed by atoms with Crippen molar-refractivity contribution in [3.8, 4) is 0 Å². The first kappa shape index (κ1) is 21.6. The summed E-state index contributed by atoms with van der Waals surface area (Å²) in [6.45, 7) is 10.2. The topological polar surface area (TPSA) is 49.8 Å². The minimum absolute atomic E-state index is 0.113. The highest BCUT2D eigenvalue weighted by molar-refractivity contribution is 5.91. The molecule has 9 atom stereocenters. The van der Waals surface area contributed by atoms with E-state index in [1.54, 1.807) is 16.2 Å². The van der Waals surface area contributed by atoms with Crippen molar-refractivity contribution in [3.63, 3.8) is 0 Å². The summed E-state index contributed by atoms with van der Waals surface area (Å²) in [4.78, 5) is 12.1. The molecule has 2 aliphatic heterocycles. The highest BCUT2D eigenvalue weighted by Gasteiger charge is 2.59. The first-order valence-corrected chi connectivity index (χ1v) is 13.3. The molecule has 0 unspecified atom stereocenters. The maximum atomic E-state index is 12.1. The molecule has 0 aromatic carbocycles. The molecule has 0 bridgehead atoms. The van der Waals surface area contributed by atoms with Gasteiger partial charge in [0.05, 0.1) is 17.7 Å². The number of ketones is 1. The van der Waals surface area contributed by atoms with Gasteiger partial charge < -0.3 is 9.94 Å². The number of carbonyl (C=O) groups excluding carboxylic acids is 1. The van der Waals surface area contributed by atoms with Gasteiger partial charge in [-0.15, -0.1) is 0 Å². The van der Waals surface area contributed by atoms with Crippen LogP contribution in [0.3, 0.4) is 0 Å². The Labute approximate surface area is 193 Å². The zero-order chi connectivity index (χ0) is 22.4. The van der Waals surface area contributed by atoms with Crippen molar-refractivity contribution in [1.29, 1.82) is 0 Å². The second-order valence-electron chi connectivity index (χ2n) is 12.7. The van der Waals surface area contributed by atoms with Crippen LogP contribution in [0, 0.1) is 35.0 Å². The molecule has 1 spiro atoms. The largest absolute Gasteiger partial charge is 0.369 e. The smallest absolute Gasteiger partial charge is 0.155 e. The second-order valence-corrected chi connectivity index (χ2v) is 12.7. The zero-order valence-electron chi connectivity index (χ0n) is 20.4. The molecule has 0 radical (unpaired) electrons. The summed E-state index contributed by atoms with van der Waals surface area (Å²) in [7, 11) is 0. The zero-order valence-corrected chi connectivity index (χ0v) is 20.4. The fraction of sp³-hybridized carbons (Fsp3) is 0.821. The quantitative estimate of drug-likeness (QED) is 0.492. The van der Waals surface area contributed by atoms with Crippen molar-refractivity contribution < 1.29 is 14.7 Å². The van der Waals surface area contributed by atoms with Crippen molar-refractivity contribution in [2.24, 2.45) is 35.0 Å². The Kier molecular flexibility index (Phi) is 4.89. The van der Waals surface area contributed by atoms with E-state index in [9.17, 15) is 10.0 Å². The van der Waals surface area contributed by atoms with Crippen LogP contribution in [-0.2, 0) is 9.53 Å². The molecule has 0 aromatic heterocycles. The monoisotopic (exact) mass is 439 g/mol. The van der Waals surface area contributed by atoms with Crippen molar-refractivity contribution in [2.75, 3.05) is 6.54 Å². The van der Waals surface area contributed by atoms with Gasteiger partial charge in [0, 0.05) is 18.9 Å². The SMILES string of the molecule is CC1=C2C[C@H]3[C@@H](CCC4=CC(=O)CC[C@@]43C)[C@@H]2CC[C@@]2(C1)O[C@@H]1C[C@H](C)CN(O)[C@H]1[C@H]2C. The number of nitrogens with zero attached hydrogens (tertiary/aromatic N) is 1. The number of piperidine rings is 1. The number of ether oxygens (including phenoxy) is 1. The first-order chi connectivity index (χ1) is 15.2. The summed E-state index contributed by atoms with van der Waals surface area (Å²) in [5.41, 5.74) is 4.88. The number of rotatable bonds is 0. The van der Waals surface area contributed by atoms with E-state index >= 15 is 0 Å². The molecule has 4 fully saturated rings. The van der Waals surface area contributed by atoms with Crippen LogP contribution in [0.2, 0.25) is 0 Å². The van der Waals surface area contributed by atoms with Crippen LogP contribution in [0.1, 0.15) is 85.5 Å². The summed E-state index contributed by atoms with van der Waals surface area (Å²) >= 11 is 0. The molecule has 4 nitrogen and oxygen atoms in total. The molecule has 2 heterocycles. The van der Waals surface area contributed by atoms with Crippen LogP contribution >= 0.6 is 0 Å². The number of carbonyl (C=O) groups is 1. The highest BCUT2D eigenvalue weighted by Crippen LogP contribution is 2.64. The molecule has 1 N–H and O–H groups in total. The van der Waals surface area contributed by atoms with Gasteiger partial charge in [-0.25, -0.2) is 0 Å². The lowest BCUT2D eigenvalue weighted by Crippen LogP contribution is -2.50. The van der Waals surface area contributed by atoms with Crippen LogP contribution in [0.5, 0.6) is 0 Å². The van der Waals surface area contributed by atoms with Crippen molar-refractivity contribution in [1.82, 2.24) is 5.06 Å². The Hall–Kier alpha value is -0.970. The van der Waals surface area contributed by atoms with Gasteiger partial charge in [0.25, 0.3) is 0 Å². The molecule has 32 heavy (non-hydrogen) atoms.